The molecule has 0 amide bonds. The third-order valence-corrected chi connectivity index (χ3v) is 2.88. The molecule has 1 aliphatic carbocycles. The highest BCUT2D eigenvalue weighted by atomic mass is 19.2. The Morgan fingerprint density at radius 2 is 2.00 bits per heavy atom. The predicted octanol–water partition coefficient (Wildman–Crippen LogP) is 1.95. The Hall–Kier alpha value is -0.960. The van der Waals surface area contributed by atoms with Crippen molar-refractivity contribution in [3.05, 3.63) is 35.4 Å². The minimum atomic E-state index is -0.804. The first-order valence-electron chi connectivity index (χ1n) is 4.25. The van der Waals surface area contributed by atoms with Crippen LogP contribution in [-0.2, 0) is 5.41 Å². The van der Waals surface area contributed by atoms with Crippen LogP contribution in [0, 0.1) is 11.6 Å². The average Bonchev–Trinajstić information content (AvgIpc) is 2.67. The lowest BCUT2D eigenvalue weighted by molar-refractivity contribution is 0.505. The summed E-state index contributed by atoms with van der Waals surface area (Å²) in [6.45, 7) is 1.96. The van der Waals surface area contributed by atoms with E-state index in [0.29, 0.717) is 0 Å². The van der Waals surface area contributed by atoms with Crippen LogP contribution in [-0.4, -0.2) is 6.04 Å². The maximum absolute atomic E-state index is 12.8. The van der Waals surface area contributed by atoms with E-state index in [1.807, 2.05) is 6.92 Å². The van der Waals surface area contributed by atoms with Gasteiger partial charge in [-0.3, -0.25) is 0 Å². The van der Waals surface area contributed by atoms with Gasteiger partial charge in [0.05, 0.1) is 0 Å². The molecule has 0 saturated heterocycles. The minimum absolute atomic E-state index is 0.0809. The van der Waals surface area contributed by atoms with Crippen molar-refractivity contribution < 1.29 is 8.78 Å². The predicted molar refractivity (Wildman–Crippen MR) is 46.3 cm³/mol. The number of halogens is 2. The quantitative estimate of drug-likeness (QED) is 0.707. The van der Waals surface area contributed by atoms with Crippen molar-refractivity contribution in [2.45, 2.75) is 24.8 Å². The van der Waals surface area contributed by atoms with E-state index in [1.165, 1.54) is 6.07 Å². The molecule has 0 spiro atoms. The molecule has 1 aromatic carbocycles. The van der Waals surface area contributed by atoms with E-state index in [9.17, 15) is 8.78 Å². The molecule has 2 atom stereocenters. The molecule has 1 aliphatic rings. The molecular formula is C10H11F2N. The van der Waals surface area contributed by atoms with Crippen LogP contribution in [0.3, 0.4) is 0 Å². The van der Waals surface area contributed by atoms with Gasteiger partial charge >= 0.3 is 0 Å². The number of nitrogens with two attached hydrogens (primary N) is 1. The smallest absolute Gasteiger partial charge is 0.159 e. The van der Waals surface area contributed by atoms with Crippen molar-refractivity contribution in [1.82, 2.24) is 0 Å². The summed E-state index contributed by atoms with van der Waals surface area (Å²) in [5.41, 5.74) is 6.35. The zero-order chi connectivity index (χ0) is 9.64. The number of rotatable bonds is 1. The van der Waals surface area contributed by atoms with Crippen LogP contribution in [0.4, 0.5) is 8.78 Å². The zero-order valence-electron chi connectivity index (χ0n) is 7.35. The summed E-state index contributed by atoms with van der Waals surface area (Å²) in [6.07, 6.45) is 0.845. The van der Waals surface area contributed by atoms with Crippen LogP contribution >= 0.6 is 0 Å². The highest BCUT2D eigenvalue weighted by molar-refractivity contribution is 5.35. The van der Waals surface area contributed by atoms with Gasteiger partial charge in [0, 0.05) is 11.5 Å². The van der Waals surface area contributed by atoms with E-state index >= 15 is 0 Å². The molecular weight excluding hydrogens is 172 g/mol. The monoisotopic (exact) mass is 183 g/mol. The summed E-state index contributed by atoms with van der Waals surface area (Å²) in [6, 6.07) is 4.08. The van der Waals surface area contributed by atoms with E-state index in [-0.39, 0.29) is 11.5 Å². The molecule has 70 valence electrons. The number of hydrogen-bond donors (Lipinski definition) is 1. The fourth-order valence-electron chi connectivity index (χ4n) is 1.58. The molecule has 0 aliphatic heterocycles. The standard InChI is InChI=1S/C10H11F2N/c1-10(5-9(10)13)6-2-3-7(11)8(12)4-6/h2-4,9H,5,13H2,1H3/t9-,10-/m1/s1. The van der Waals surface area contributed by atoms with Gasteiger partial charge in [-0.15, -0.1) is 0 Å². The maximum Gasteiger partial charge on any atom is 0.159 e. The van der Waals surface area contributed by atoms with E-state index < -0.39 is 11.6 Å². The Labute approximate surface area is 75.6 Å². The Balaban J connectivity index is 2.38. The lowest BCUT2D eigenvalue weighted by Crippen LogP contribution is -2.14. The van der Waals surface area contributed by atoms with E-state index in [0.717, 1.165) is 18.1 Å². The van der Waals surface area contributed by atoms with Gasteiger partial charge in [-0.05, 0) is 24.1 Å². The van der Waals surface area contributed by atoms with Gasteiger partial charge in [-0.2, -0.15) is 0 Å². The van der Waals surface area contributed by atoms with Gasteiger partial charge in [0.1, 0.15) is 0 Å². The van der Waals surface area contributed by atoms with Crippen LogP contribution in [0.15, 0.2) is 18.2 Å². The van der Waals surface area contributed by atoms with Gasteiger partial charge in [-0.1, -0.05) is 13.0 Å². The lowest BCUT2D eigenvalue weighted by Gasteiger charge is -2.09. The van der Waals surface area contributed by atoms with E-state index in [1.54, 1.807) is 6.07 Å². The summed E-state index contributed by atoms with van der Waals surface area (Å²) >= 11 is 0. The first-order valence-corrected chi connectivity index (χ1v) is 4.25. The van der Waals surface area contributed by atoms with Crippen LogP contribution in [0.2, 0.25) is 0 Å². The van der Waals surface area contributed by atoms with Gasteiger partial charge in [-0.25, -0.2) is 8.78 Å². The molecule has 2 rings (SSSR count). The molecule has 1 aromatic rings. The fraction of sp³-hybridized carbons (Fsp3) is 0.400. The second-order valence-electron chi connectivity index (χ2n) is 3.86. The Bertz CT molecular complexity index is 351. The molecule has 3 heteroatoms. The molecule has 1 saturated carbocycles. The lowest BCUT2D eigenvalue weighted by atomic mass is 9.97. The van der Waals surface area contributed by atoms with Crippen LogP contribution in [0.25, 0.3) is 0 Å². The molecule has 0 radical (unpaired) electrons. The largest absolute Gasteiger partial charge is 0.327 e. The van der Waals surface area contributed by atoms with Crippen molar-refractivity contribution in [2.75, 3.05) is 0 Å². The topological polar surface area (TPSA) is 26.0 Å². The van der Waals surface area contributed by atoms with Gasteiger partial charge in [0.25, 0.3) is 0 Å². The number of benzene rings is 1. The average molecular weight is 183 g/mol. The molecule has 0 aromatic heterocycles. The summed E-state index contributed by atoms with van der Waals surface area (Å²) < 4.78 is 25.4. The summed E-state index contributed by atoms with van der Waals surface area (Å²) in [5.74, 6) is -1.60. The van der Waals surface area contributed by atoms with Crippen molar-refractivity contribution in [3.8, 4) is 0 Å². The Morgan fingerprint density at radius 1 is 1.38 bits per heavy atom. The van der Waals surface area contributed by atoms with Crippen LogP contribution < -0.4 is 5.73 Å². The molecule has 1 fully saturated rings. The third kappa shape index (κ3) is 1.23. The van der Waals surface area contributed by atoms with Gasteiger partial charge < -0.3 is 5.73 Å². The highest BCUT2D eigenvalue weighted by Crippen LogP contribution is 2.46. The molecule has 13 heavy (non-hydrogen) atoms. The van der Waals surface area contributed by atoms with Crippen molar-refractivity contribution in [2.24, 2.45) is 5.73 Å². The first kappa shape index (κ1) is 8.63. The minimum Gasteiger partial charge on any atom is -0.327 e. The van der Waals surface area contributed by atoms with Crippen molar-refractivity contribution in [3.63, 3.8) is 0 Å². The molecule has 1 nitrogen and oxygen atoms in total. The first-order chi connectivity index (χ1) is 6.04. The summed E-state index contributed by atoms with van der Waals surface area (Å²) in [4.78, 5) is 0. The van der Waals surface area contributed by atoms with Crippen molar-refractivity contribution in [1.29, 1.82) is 0 Å². The molecule has 0 bridgehead atoms. The second-order valence-corrected chi connectivity index (χ2v) is 3.86. The van der Waals surface area contributed by atoms with Crippen molar-refractivity contribution >= 4 is 0 Å². The molecule has 0 unspecified atom stereocenters. The van der Waals surface area contributed by atoms with E-state index in [2.05, 4.69) is 0 Å². The Morgan fingerprint density at radius 3 is 2.46 bits per heavy atom. The summed E-state index contributed by atoms with van der Waals surface area (Å²) in [7, 11) is 0. The maximum atomic E-state index is 12.8. The fourth-order valence-corrected chi connectivity index (χ4v) is 1.58. The molecule has 0 heterocycles. The Kier molecular flexibility index (Phi) is 1.67. The zero-order valence-corrected chi connectivity index (χ0v) is 7.35. The van der Waals surface area contributed by atoms with Gasteiger partial charge in [0.2, 0.25) is 0 Å². The highest BCUT2D eigenvalue weighted by Gasteiger charge is 2.48. The molecule has 2 N–H and O–H groups in total. The van der Waals surface area contributed by atoms with Crippen LogP contribution in [0.1, 0.15) is 18.9 Å². The summed E-state index contributed by atoms with van der Waals surface area (Å²) in [5, 5.41) is 0. The SMILES string of the molecule is C[C@]1(c2ccc(F)c(F)c2)C[C@H]1N. The van der Waals surface area contributed by atoms with Gasteiger partial charge in [0.15, 0.2) is 11.6 Å². The van der Waals surface area contributed by atoms with Crippen LogP contribution in [0.5, 0.6) is 0 Å². The van der Waals surface area contributed by atoms with E-state index in [4.69, 9.17) is 5.73 Å². The third-order valence-electron chi connectivity index (χ3n) is 2.88. The number of hydrogen-bond acceptors (Lipinski definition) is 1. The normalized spacial score (nSPS) is 31.8. The second kappa shape index (κ2) is 2.51.